The molecule has 6 nitrogen and oxygen atoms in total. The molecular formula is C13H20N2O4. The highest BCUT2D eigenvalue weighted by atomic mass is 16.5. The molecule has 0 aliphatic rings. The van der Waals surface area contributed by atoms with Gasteiger partial charge >= 0.3 is 5.97 Å². The number of hydrogen-bond acceptors (Lipinski definition) is 5. The van der Waals surface area contributed by atoms with Crippen LogP contribution in [0.3, 0.4) is 0 Å². The lowest BCUT2D eigenvalue weighted by molar-refractivity contribution is 0.0246. The van der Waals surface area contributed by atoms with Crippen molar-refractivity contribution in [3.8, 4) is 0 Å². The van der Waals surface area contributed by atoms with E-state index in [4.69, 9.17) is 9.84 Å². The van der Waals surface area contributed by atoms with Crippen molar-refractivity contribution in [2.45, 2.75) is 25.5 Å². The van der Waals surface area contributed by atoms with Gasteiger partial charge in [0.2, 0.25) is 0 Å². The molecule has 106 valence electrons. The Bertz CT molecular complexity index is 421. The van der Waals surface area contributed by atoms with E-state index >= 15 is 0 Å². The van der Waals surface area contributed by atoms with E-state index in [0.717, 1.165) is 0 Å². The summed E-state index contributed by atoms with van der Waals surface area (Å²) >= 11 is 0. The average Bonchev–Trinajstić information content (AvgIpc) is 2.36. The molecule has 0 fully saturated rings. The Hall–Kier alpha value is -1.50. The number of nitrogens with zero attached hydrogens (tertiary/aromatic N) is 1. The molecule has 0 radical (unpaired) electrons. The second kappa shape index (κ2) is 7.18. The number of pyridine rings is 1. The van der Waals surface area contributed by atoms with Crippen molar-refractivity contribution in [2.24, 2.45) is 0 Å². The lowest BCUT2D eigenvalue weighted by Crippen LogP contribution is -2.38. The van der Waals surface area contributed by atoms with Crippen LogP contribution in [0.2, 0.25) is 0 Å². The van der Waals surface area contributed by atoms with E-state index in [-0.39, 0.29) is 5.69 Å². The molecule has 0 spiro atoms. The SMILES string of the molecule is COCCC(C)(O)CNCc1cccc(C(=O)O)n1. The van der Waals surface area contributed by atoms with Crippen LogP contribution in [0.4, 0.5) is 0 Å². The fraction of sp³-hybridized carbons (Fsp3) is 0.538. The number of methoxy groups -OCH3 is 1. The summed E-state index contributed by atoms with van der Waals surface area (Å²) in [5.41, 5.74) is -0.215. The van der Waals surface area contributed by atoms with E-state index in [1.165, 1.54) is 6.07 Å². The van der Waals surface area contributed by atoms with Gasteiger partial charge in [-0.2, -0.15) is 0 Å². The number of nitrogens with one attached hydrogen (secondary N) is 1. The van der Waals surface area contributed by atoms with Gasteiger partial charge in [-0.3, -0.25) is 0 Å². The van der Waals surface area contributed by atoms with E-state index in [2.05, 4.69) is 10.3 Å². The van der Waals surface area contributed by atoms with Gasteiger partial charge in [-0.15, -0.1) is 0 Å². The molecule has 1 heterocycles. The zero-order chi connectivity index (χ0) is 14.3. The van der Waals surface area contributed by atoms with Crippen molar-refractivity contribution >= 4 is 5.97 Å². The van der Waals surface area contributed by atoms with Crippen LogP contribution in [0.15, 0.2) is 18.2 Å². The first-order valence-electron chi connectivity index (χ1n) is 6.06. The third kappa shape index (κ3) is 5.78. The van der Waals surface area contributed by atoms with Gasteiger partial charge in [0.05, 0.1) is 11.3 Å². The van der Waals surface area contributed by atoms with Crippen LogP contribution >= 0.6 is 0 Å². The van der Waals surface area contributed by atoms with E-state index in [9.17, 15) is 9.90 Å². The number of rotatable bonds is 8. The van der Waals surface area contributed by atoms with Crippen molar-refractivity contribution in [1.82, 2.24) is 10.3 Å². The number of aromatic nitrogens is 1. The number of carboxylic acids is 1. The highest BCUT2D eigenvalue weighted by molar-refractivity contribution is 5.85. The lowest BCUT2D eigenvalue weighted by atomic mass is 10.0. The van der Waals surface area contributed by atoms with Gasteiger partial charge < -0.3 is 20.3 Å². The molecule has 0 aliphatic heterocycles. The molecule has 0 aromatic carbocycles. The summed E-state index contributed by atoms with van der Waals surface area (Å²) in [6.45, 7) is 3.00. The predicted molar refractivity (Wildman–Crippen MR) is 70.0 cm³/mol. The second-order valence-electron chi connectivity index (χ2n) is 4.66. The van der Waals surface area contributed by atoms with Gasteiger partial charge in [-0.05, 0) is 19.1 Å². The Morgan fingerprint density at radius 2 is 2.26 bits per heavy atom. The summed E-state index contributed by atoms with van der Waals surface area (Å²) < 4.78 is 4.92. The molecule has 0 bridgehead atoms. The maximum atomic E-state index is 10.8. The quantitative estimate of drug-likeness (QED) is 0.641. The van der Waals surface area contributed by atoms with Crippen molar-refractivity contribution in [3.05, 3.63) is 29.6 Å². The Labute approximate surface area is 112 Å². The number of ether oxygens (including phenoxy) is 1. The number of carboxylic acid groups (broad SMARTS) is 1. The summed E-state index contributed by atoms with van der Waals surface area (Å²) in [6.07, 6.45) is 0.527. The Morgan fingerprint density at radius 3 is 2.89 bits per heavy atom. The number of carbonyl (C=O) groups is 1. The third-order valence-electron chi connectivity index (χ3n) is 2.68. The molecule has 1 unspecified atom stereocenters. The van der Waals surface area contributed by atoms with Crippen LogP contribution in [-0.4, -0.2) is 47.0 Å². The zero-order valence-electron chi connectivity index (χ0n) is 11.2. The molecule has 19 heavy (non-hydrogen) atoms. The van der Waals surface area contributed by atoms with Crippen molar-refractivity contribution in [1.29, 1.82) is 0 Å². The maximum absolute atomic E-state index is 10.8. The fourth-order valence-electron chi connectivity index (χ4n) is 1.57. The summed E-state index contributed by atoms with van der Waals surface area (Å²) in [6, 6.07) is 4.83. The van der Waals surface area contributed by atoms with Crippen LogP contribution in [0.1, 0.15) is 29.5 Å². The van der Waals surface area contributed by atoms with Crippen LogP contribution in [0.25, 0.3) is 0 Å². The lowest BCUT2D eigenvalue weighted by Gasteiger charge is -2.23. The standard InChI is InChI=1S/C13H20N2O4/c1-13(18,6-7-19-2)9-14-8-10-4-3-5-11(15-10)12(16)17/h3-5,14,18H,6-9H2,1-2H3,(H,16,17). The average molecular weight is 268 g/mol. The van der Waals surface area contributed by atoms with Crippen LogP contribution in [-0.2, 0) is 11.3 Å². The van der Waals surface area contributed by atoms with Gasteiger partial charge in [0.1, 0.15) is 5.69 Å². The molecule has 1 aromatic heterocycles. The topological polar surface area (TPSA) is 91.7 Å². The van der Waals surface area contributed by atoms with E-state index in [1.54, 1.807) is 26.2 Å². The normalized spacial score (nSPS) is 14.1. The van der Waals surface area contributed by atoms with Gasteiger partial charge in [0.25, 0.3) is 0 Å². The molecule has 3 N–H and O–H groups in total. The predicted octanol–water partition coefficient (Wildman–Crippen LogP) is 0.657. The van der Waals surface area contributed by atoms with Crippen molar-refractivity contribution < 1.29 is 19.7 Å². The number of hydrogen-bond donors (Lipinski definition) is 3. The van der Waals surface area contributed by atoms with Gasteiger partial charge in [0, 0.05) is 33.2 Å². The molecular weight excluding hydrogens is 248 g/mol. The molecule has 0 amide bonds. The minimum atomic E-state index is -1.05. The molecule has 1 rings (SSSR count). The summed E-state index contributed by atoms with van der Waals surface area (Å²) in [4.78, 5) is 14.8. The number of aromatic carboxylic acids is 1. The second-order valence-corrected chi connectivity index (χ2v) is 4.66. The molecule has 6 heteroatoms. The molecule has 1 aromatic rings. The summed E-state index contributed by atoms with van der Waals surface area (Å²) in [5, 5.41) is 21.9. The Balaban J connectivity index is 2.44. The van der Waals surface area contributed by atoms with Crippen LogP contribution in [0, 0.1) is 0 Å². The minimum absolute atomic E-state index is 0.0189. The van der Waals surface area contributed by atoms with Crippen LogP contribution in [0.5, 0.6) is 0 Å². The highest BCUT2D eigenvalue weighted by Gasteiger charge is 2.19. The first-order valence-corrected chi connectivity index (χ1v) is 6.06. The largest absolute Gasteiger partial charge is 0.477 e. The van der Waals surface area contributed by atoms with E-state index < -0.39 is 11.6 Å². The van der Waals surface area contributed by atoms with Crippen molar-refractivity contribution in [2.75, 3.05) is 20.3 Å². The number of aliphatic hydroxyl groups is 1. The van der Waals surface area contributed by atoms with Crippen LogP contribution < -0.4 is 5.32 Å². The third-order valence-corrected chi connectivity index (χ3v) is 2.68. The zero-order valence-corrected chi connectivity index (χ0v) is 11.2. The Morgan fingerprint density at radius 1 is 1.53 bits per heavy atom. The monoisotopic (exact) mass is 268 g/mol. The highest BCUT2D eigenvalue weighted by Crippen LogP contribution is 2.08. The maximum Gasteiger partial charge on any atom is 0.354 e. The van der Waals surface area contributed by atoms with E-state index in [0.29, 0.717) is 31.8 Å². The first-order chi connectivity index (χ1) is 8.94. The van der Waals surface area contributed by atoms with E-state index in [1.807, 2.05) is 0 Å². The van der Waals surface area contributed by atoms with Gasteiger partial charge in [0.15, 0.2) is 0 Å². The summed E-state index contributed by atoms with van der Waals surface area (Å²) in [7, 11) is 1.59. The molecule has 1 atom stereocenters. The fourth-order valence-corrected chi connectivity index (χ4v) is 1.57. The van der Waals surface area contributed by atoms with Gasteiger partial charge in [-0.25, -0.2) is 9.78 Å². The smallest absolute Gasteiger partial charge is 0.354 e. The minimum Gasteiger partial charge on any atom is -0.477 e. The Kier molecular flexibility index (Phi) is 5.88. The molecule has 0 aliphatic carbocycles. The molecule has 0 saturated heterocycles. The van der Waals surface area contributed by atoms with Gasteiger partial charge in [-0.1, -0.05) is 6.07 Å². The molecule has 0 saturated carbocycles. The van der Waals surface area contributed by atoms with Crippen molar-refractivity contribution in [3.63, 3.8) is 0 Å². The summed E-state index contributed by atoms with van der Waals surface area (Å²) in [5.74, 6) is -1.05. The first kappa shape index (κ1) is 15.6.